The Morgan fingerprint density at radius 2 is 1.81 bits per heavy atom. The number of nitrogens with one attached hydrogen (secondary N) is 1. The summed E-state index contributed by atoms with van der Waals surface area (Å²) in [6.07, 6.45) is -5.44. The van der Waals surface area contributed by atoms with Crippen molar-refractivity contribution in [1.29, 1.82) is 0 Å². The average Bonchev–Trinajstić information content (AvgIpc) is 2.35. The molecule has 1 aromatic rings. The van der Waals surface area contributed by atoms with Crippen molar-refractivity contribution in [3.63, 3.8) is 0 Å². The van der Waals surface area contributed by atoms with Crippen LogP contribution >= 0.6 is 0 Å². The summed E-state index contributed by atoms with van der Waals surface area (Å²) in [5, 5.41) is 7.07. The van der Waals surface area contributed by atoms with Crippen LogP contribution in [0.1, 0.15) is 5.56 Å². The highest BCUT2D eigenvalue weighted by Crippen LogP contribution is 2.14. The number of alkyl halides is 3. The summed E-state index contributed by atoms with van der Waals surface area (Å²) in [6, 6.07) is 5.57. The van der Waals surface area contributed by atoms with E-state index in [1.807, 2.05) is 0 Å². The van der Waals surface area contributed by atoms with Crippen LogP contribution in [0.5, 0.6) is 0 Å². The van der Waals surface area contributed by atoms with Crippen molar-refractivity contribution in [1.82, 2.24) is 5.32 Å². The Kier molecular flexibility index (Phi) is 5.55. The van der Waals surface area contributed by atoms with Crippen molar-refractivity contribution in [2.75, 3.05) is 13.2 Å². The molecule has 1 aromatic carbocycles. The van der Waals surface area contributed by atoms with Crippen molar-refractivity contribution < 1.29 is 31.1 Å². The van der Waals surface area contributed by atoms with Crippen LogP contribution < -0.4 is 10.5 Å². The highest BCUT2D eigenvalue weighted by molar-refractivity contribution is 7.89. The molecule has 1 rings (SSSR count). The van der Waals surface area contributed by atoms with Gasteiger partial charge in [0.05, 0.1) is 4.90 Å². The molecule has 1 amide bonds. The maximum Gasteiger partial charge on any atom is 0.422 e. The minimum absolute atomic E-state index is 0.0470. The van der Waals surface area contributed by atoms with Crippen molar-refractivity contribution in [2.24, 2.45) is 5.14 Å². The molecule has 0 atom stereocenters. The first-order valence-electron chi connectivity index (χ1n) is 5.67. The number of benzene rings is 1. The van der Waals surface area contributed by atoms with Crippen LogP contribution in [0.15, 0.2) is 29.2 Å². The first-order valence-corrected chi connectivity index (χ1v) is 7.22. The Hall–Kier alpha value is -1.81. The molecule has 118 valence electrons. The summed E-state index contributed by atoms with van der Waals surface area (Å²) in [4.78, 5) is 10.9. The number of ether oxygens (including phenoxy) is 1. The van der Waals surface area contributed by atoms with Gasteiger partial charge in [0, 0.05) is 6.54 Å². The zero-order chi connectivity index (χ0) is 16.1. The Morgan fingerprint density at radius 3 is 2.29 bits per heavy atom. The molecule has 0 spiro atoms. The van der Waals surface area contributed by atoms with Gasteiger partial charge in [0.25, 0.3) is 0 Å². The second-order valence-electron chi connectivity index (χ2n) is 4.06. The number of halogens is 3. The minimum atomic E-state index is -4.57. The molecule has 0 saturated heterocycles. The van der Waals surface area contributed by atoms with Crippen LogP contribution in [0.4, 0.5) is 18.0 Å². The third-order valence-electron chi connectivity index (χ3n) is 2.30. The fraction of sp³-hybridized carbons (Fsp3) is 0.364. The molecule has 0 fully saturated rings. The summed E-state index contributed by atoms with van der Waals surface area (Å²) >= 11 is 0. The van der Waals surface area contributed by atoms with Crippen molar-refractivity contribution in [3.8, 4) is 0 Å². The molecule has 0 aromatic heterocycles. The smallest absolute Gasteiger partial charge is 0.422 e. The van der Waals surface area contributed by atoms with E-state index in [2.05, 4.69) is 10.1 Å². The topological polar surface area (TPSA) is 98.5 Å². The van der Waals surface area contributed by atoms with Gasteiger partial charge < -0.3 is 10.1 Å². The molecule has 0 radical (unpaired) electrons. The lowest BCUT2D eigenvalue weighted by Gasteiger charge is -2.09. The zero-order valence-corrected chi connectivity index (χ0v) is 11.5. The van der Waals surface area contributed by atoms with E-state index in [1.54, 1.807) is 0 Å². The Bertz CT molecular complexity index is 584. The summed E-state index contributed by atoms with van der Waals surface area (Å²) in [5.41, 5.74) is 0.679. The van der Waals surface area contributed by atoms with E-state index in [9.17, 15) is 26.4 Å². The first-order chi connectivity index (χ1) is 9.58. The number of nitrogens with two attached hydrogens (primary N) is 1. The molecule has 3 N–H and O–H groups in total. The van der Waals surface area contributed by atoms with E-state index < -0.39 is 28.9 Å². The number of amides is 1. The second-order valence-corrected chi connectivity index (χ2v) is 5.62. The Labute approximate surface area is 119 Å². The molecule has 0 heterocycles. The van der Waals surface area contributed by atoms with Gasteiger partial charge in [-0.05, 0) is 24.1 Å². The normalized spacial score (nSPS) is 12.0. The lowest BCUT2D eigenvalue weighted by Crippen LogP contribution is -2.30. The number of carbonyl (C=O) groups is 1. The molecule has 0 unspecified atom stereocenters. The van der Waals surface area contributed by atoms with Gasteiger partial charge in [-0.2, -0.15) is 13.2 Å². The molecule has 6 nitrogen and oxygen atoms in total. The monoisotopic (exact) mass is 326 g/mol. The van der Waals surface area contributed by atoms with Crippen LogP contribution in [-0.4, -0.2) is 33.8 Å². The van der Waals surface area contributed by atoms with Gasteiger partial charge >= 0.3 is 12.3 Å². The van der Waals surface area contributed by atoms with Gasteiger partial charge in [-0.1, -0.05) is 12.1 Å². The van der Waals surface area contributed by atoms with Gasteiger partial charge in [0.15, 0.2) is 6.61 Å². The predicted octanol–water partition coefficient (Wildman–Crippen LogP) is 1.17. The van der Waals surface area contributed by atoms with Crippen LogP contribution in [0.3, 0.4) is 0 Å². The van der Waals surface area contributed by atoms with Gasteiger partial charge in [0.1, 0.15) is 0 Å². The number of primary sulfonamides is 1. The third kappa shape index (κ3) is 6.95. The largest absolute Gasteiger partial charge is 0.440 e. The SMILES string of the molecule is NS(=O)(=O)c1ccc(CCNC(=O)OCC(F)(F)F)cc1. The van der Waals surface area contributed by atoms with Crippen LogP contribution in [0.25, 0.3) is 0 Å². The van der Waals surface area contributed by atoms with Crippen LogP contribution in [0, 0.1) is 0 Å². The highest BCUT2D eigenvalue weighted by atomic mass is 32.2. The van der Waals surface area contributed by atoms with E-state index in [-0.39, 0.29) is 11.4 Å². The van der Waals surface area contributed by atoms with Gasteiger partial charge in [0.2, 0.25) is 10.0 Å². The van der Waals surface area contributed by atoms with E-state index >= 15 is 0 Å². The molecule has 21 heavy (non-hydrogen) atoms. The van der Waals surface area contributed by atoms with Gasteiger partial charge in [-0.25, -0.2) is 18.4 Å². The van der Waals surface area contributed by atoms with E-state index in [1.165, 1.54) is 24.3 Å². The maximum absolute atomic E-state index is 11.8. The number of sulfonamides is 1. The summed E-state index contributed by atoms with van der Waals surface area (Å²) in [7, 11) is -3.77. The lowest BCUT2D eigenvalue weighted by atomic mass is 10.1. The quantitative estimate of drug-likeness (QED) is 0.848. The fourth-order valence-electron chi connectivity index (χ4n) is 1.35. The molecule has 10 heteroatoms. The van der Waals surface area contributed by atoms with Crippen molar-refractivity contribution in [2.45, 2.75) is 17.5 Å². The fourth-order valence-corrected chi connectivity index (χ4v) is 1.87. The maximum atomic E-state index is 11.8. The molecule has 0 aliphatic rings. The predicted molar refractivity (Wildman–Crippen MR) is 66.9 cm³/mol. The minimum Gasteiger partial charge on any atom is -0.440 e. The van der Waals surface area contributed by atoms with Crippen molar-refractivity contribution in [3.05, 3.63) is 29.8 Å². The van der Waals surface area contributed by atoms with Crippen molar-refractivity contribution >= 4 is 16.1 Å². The second kappa shape index (κ2) is 6.76. The van der Waals surface area contributed by atoms with Gasteiger partial charge in [-0.3, -0.25) is 0 Å². The number of hydrogen-bond donors (Lipinski definition) is 2. The molecular weight excluding hydrogens is 313 g/mol. The van der Waals surface area contributed by atoms with E-state index in [0.717, 1.165) is 0 Å². The molecular formula is C11H13F3N2O4S. The van der Waals surface area contributed by atoms with Crippen LogP contribution in [0.2, 0.25) is 0 Å². The number of alkyl carbamates (subject to hydrolysis) is 1. The molecule has 0 bridgehead atoms. The molecule has 0 saturated carbocycles. The Balaban J connectivity index is 2.38. The number of hydrogen-bond acceptors (Lipinski definition) is 4. The van der Waals surface area contributed by atoms with E-state index in [4.69, 9.17) is 5.14 Å². The lowest BCUT2D eigenvalue weighted by molar-refractivity contribution is -0.160. The highest BCUT2D eigenvalue weighted by Gasteiger charge is 2.29. The van der Waals surface area contributed by atoms with E-state index in [0.29, 0.717) is 12.0 Å². The summed E-state index contributed by atoms with van der Waals surface area (Å²) in [6.45, 7) is -1.60. The first kappa shape index (κ1) is 17.2. The zero-order valence-electron chi connectivity index (χ0n) is 10.7. The molecule has 0 aliphatic heterocycles. The average molecular weight is 326 g/mol. The third-order valence-corrected chi connectivity index (χ3v) is 3.23. The summed E-state index contributed by atoms with van der Waals surface area (Å²) < 4.78 is 61.3. The Morgan fingerprint density at radius 1 is 1.24 bits per heavy atom. The van der Waals surface area contributed by atoms with Gasteiger partial charge in [-0.15, -0.1) is 0 Å². The molecule has 0 aliphatic carbocycles. The summed E-state index contributed by atoms with van der Waals surface area (Å²) in [5.74, 6) is 0. The van der Waals surface area contributed by atoms with Crippen LogP contribution in [-0.2, 0) is 21.2 Å². The number of rotatable bonds is 5. The standard InChI is InChI=1S/C11H13F3N2O4S/c12-11(13,14)7-20-10(17)16-6-5-8-1-3-9(4-2-8)21(15,18)19/h1-4H,5-7H2,(H,16,17)(H2,15,18,19). The number of carbonyl (C=O) groups excluding carboxylic acids is 1.